The van der Waals surface area contributed by atoms with E-state index < -0.39 is 6.10 Å². The van der Waals surface area contributed by atoms with Crippen molar-refractivity contribution in [3.8, 4) is 0 Å². The second-order valence-electron chi connectivity index (χ2n) is 6.84. The lowest BCUT2D eigenvalue weighted by Crippen LogP contribution is -2.44. The lowest BCUT2D eigenvalue weighted by molar-refractivity contribution is 0.172. The molecule has 2 aromatic carbocycles. The minimum atomic E-state index is -0.693. The first kappa shape index (κ1) is 17.5. The Kier molecular flexibility index (Phi) is 5.71. The fourth-order valence-electron chi connectivity index (χ4n) is 3.71. The van der Waals surface area contributed by atoms with Crippen molar-refractivity contribution in [2.24, 2.45) is 0 Å². The fraction of sp³-hybridized carbons (Fsp3) is 0.381. The van der Waals surface area contributed by atoms with Crippen molar-refractivity contribution in [3.05, 3.63) is 71.8 Å². The quantitative estimate of drug-likeness (QED) is 0.754. The number of aliphatic hydroxyl groups is 1. The molecule has 4 nitrogen and oxygen atoms in total. The molecule has 1 unspecified atom stereocenters. The van der Waals surface area contributed by atoms with Gasteiger partial charge in [-0.2, -0.15) is 0 Å². The van der Waals surface area contributed by atoms with Crippen molar-refractivity contribution in [1.82, 2.24) is 10.6 Å². The molecule has 132 valence electrons. The van der Waals surface area contributed by atoms with Gasteiger partial charge in [0.1, 0.15) is 0 Å². The number of nitrogens with one attached hydrogen (secondary N) is 2. The number of benzene rings is 2. The zero-order chi connectivity index (χ0) is 17.5. The van der Waals surface area contributed by atoms with Crippen LogP contribution in [-0.4, -0.2) is 24.2 Å². The summed E-state index contributed by atoms with van der Waals surface area (Å²) in [6, 6.07) is 19.6. The minimum absolute atomic E-state index is 0.0383. The van der Waals surface area contributed by atoms with Gasteiger partial charge in [-0.05, 0) is 24.0 Å². The van der Waals surface area contributed by atoms with Crippen LogP contribution in [-0.2, 0) is 5.41 Å². The molecule has 0 radical (unpaired) electrons. The fourth-order valence-corrected chi connectivity index (χ4v) is 3.71. The van der Waals surface area contributed by atoms with Crippen molar-refractivity contribution >= 4 is 6.03 Å². The van der Waals surface area contributed by atoms with Crippen molar-refractivity contribution in [2.75, 3.05) is 13.1 Å². The monoisotopic (exact) mass is 338 g/mol. The average molecular weight is 338 g/mol. The number of amides is 2. The molecule has 1 aliphatic carbocycles. The highest BCUT2D eigenvalue weighted by Crippen LogP contribution is 2.40. The molecule has 4 heteroatoms. The molecule has 0 aliphatic heterocycles. The number of carbonyl (C=O) groups is 1. The molecule has 25 heavy (non-hydrogen) atoms. The van der Waals surface area contributed by atoms with E-state index in [0.717, 1.165) is 18.4 Å². The maximum atomic E-state index is 12.2. The van der Waals surface area contributed by atoms with Crippen LogP contribution in [0.5, 0.6) is 0 Å². The Morgan fingerprint density at radius 2 is 1.56 bits per heavy atom. The largest absolute Gasteiger partial charge is 0.387 e. The highest BCUT2D eigenvalue weighted by Gasteiger charge is 2.35. The Morgan fingerprint density at radius 3 is 2.20 bits per heavy atom. The molecule has 3 rings (SSSR count). The molecule has 2 aromatic rings. The first-order valence-electron chi connectivity index (χ1n) is 9.00. The first-order valence-corrected chi connectivity index (χ1v) is 9.00. The topological polar surface area (TPSA) is 61.4 Å². The Labute approximate surface area is 149 Å². The van der Waals surface area contributed by atoms with E-state index in [-0.39, 0.29) is 18.0 Å². The van der Waals surface area contributed by atoms with Crippen LogP contribution in [0.1, 0.15) is 42.9 Å². The number of aliphatic hydroxyl groups excluding tert-OH is 1. The van der Waals surface area contributed by atoms with Crippen molar-refractivity contribution < 1.29 is 9.90 Å². The van der Waals surface area contributed by atoms with Crippen LogP contribution in [0, 0.1) is 0 Å². The summed E-state index contributed by atoms with van der Waals surface area (Å²) in [5.74, 6) is 0. The summed E-state index contributed by atoms with van der Waals surface area (Å²) in [6.45, 7) is 0.832. The lowest BCUT2D eigenvalue weighted by Gasteiger charge is -2.30. The second-order valence-corrected chi connectivity index (χ2v) is 6.84. The first-order chi connectivity index (χ1) is 12.2. The van der Waals surface area contributed by atoms with Crippen molar-refractivity contribution in [3.63, 3.8) is 0 Å². The van der Waals surface area contributed by atoms with Crippen LogP contribution in [0.25, 0.3) is 0 Å². The van der Waals surface area contributed by atoms with Crippen LogP contribution in [0.4, 0.5) is 4.79 Å². The lowest BCUT2D eigenvalue weighted by atomic mass is 9.79. The van der Waals surface area contributed by atoms with Gasteiger partial charge in [-0.15, -0.1) is 0 Å². The van der Waals surface area contributed by atoms with Gasteiger partial charge < -0.3 is 15.7 Å². The zero-order valence-electron chi connectivity index (χ0n) is 14.4. The molecule has 3 N–H and O–H groups in total. The summed E-state index contributed by atoms with van der Waals surface area (Å²) in [6.07, 6.45) is 3.91. The molecule has 0 heterocycles. The summed E-state index contributed by atoms with van der Waals surface area (Å²) in [7, 11) is 0. The third-order valence-electron chi connectivity index (χ3n) is 5.17. The molecule has 0 saturated heterocycles. The van der Waals surface area contributed by atoms with Crippen LogP contribution < -0.4 is 10.6 Å². The van der Waals surface area contributed by atoms with Gasteiger partial charge in [0.05, 0.1) is 6.10 Å². The van der Waals surface area contributed by atoms with E-state index >= 15 is 0 Å². The molecule has 0 bridgehead atoms. The maximum Gasteiger partial charge on any atom is 0.314 e. The Bertz CT molecular complexity index is 667. The van der Waals surface area contributed by atoms with E-state index in [4.69, 9.17) is 0 Å². The molecule has 1 aliphatic rings. The van der Waals surface area contributed by atoms with E-state index in [1.54, 1.807) is 0 Å². The Morgan fingerprint density at radius 1 is 0.960 bits per heavy atom. The van der Waals surface area contributed by atoms with Crippen LogP contribution in [0.15, 0.2) is 60.7 Å². The molecule has 1 fully saturated rings. The highest BCUT2D eigenvalue weighted by molar-refractivity contribution is 5.74. The number of urea groups is 1. The average Bonchev–Trinajstić information content (AvgIpc) is 3.16. The molecular weight excluding hydrogens is 312 g/mol. The summed E-state index contributed by atoms with van der Waals surface area (Å²) < 4.78 is 0. The summed E-state index contributed by atoms with van der Waals surface area (Å²) in [5, 5.41) is 15.9. The molecule has 1 saturated carbocycles. The van der Waals surface area contributed by atoms with Gasteiger partial charge in [-0.25, -0.2) is 4.79 Å². The predicted octanol–water partition coefficient (Wildman–Crippen LogP) is 3.53. The third kappa shape index (κ3) is 4.40. The van der Waals surface area contributed by atoms with Gasteiger partial charge in [0.25, 0.3) is 0 Å². The Hall–Kier alpha value is -2.33. The van der Waals surface area contributed by atoms with Gasteiger partial charge in [-0.3, -0.25) is 0 Å². The summed E-state index contributed by atoms with van der Waals surface area (Å²) in [5.41, 5.74) is 2.15. The Balaban J connectivity index is 1.52. The summed E-state index contributed by atoms with van der Waals surface area (Å²) in [4.78, 5) is 12.2. The van der Waals surface area contributed by atoms with E-state index in [1.807, 2.05) is 36.4 Å². The van der Waals surface area contributed by atoms with Crippen LogP contribution >= 0.6 is 0 Å². The molecule has 0 aromatic heterocycles. The molecular formula is C21H26N2O2. The van der Waals surface area contributed by atoms with E-state index in [9.17, 15) is 9.90 Å². The number of carbonyl (C=O) groups excluding carboxylic acids is 1. The SMILES string of the molecule is O=C(NCC(O)c1ccccc1)NCC1(c2ccccc2)CCCC1. The standard InChI is InChI=1S/C21H26N2O2/c24-19(17-9-3-1-4-10-17)15-22-20(25)23-16-21(13-7-8-14-21)18-11-5-2-6-12-18/h1-6,9-12,19,24H,7-8,13-16H2,(H2,22,23,25). The minimum Gasteiger partial charge on any atom is -0.387 e. The third-order valence-corrected chi connectivity index (χ3v) is 5.17. The number of rotatable bonds is 6. The second kappa shape index (κ2) is 8.17. The molecule has 2 amide bonds. The van der Waals surface area contributed by atoms with Gasteiger partial charge >= 0.3 is 6.03 Å². The van der Waals surface area contributed by atoms with Crippen molar-refractivity contribution in [1.29, 1.82) is 0 Å². The zero-order valence-corrected chi connectivity index (χ0v) is 14.4. The van der Waals surface area contributed by atoms with Crippen LogP contribution in [0.2, 0.25) is 0 Å². The predicted molar refractivity (Wildman–Crippen MR) is 99.4 cm³/mol. The van der Waals surface area contributed by atoms with Gasteiger partial charge in [-0.1, -0.05) is 73.5 Å². The van der Waals surface area contributed by atoms with E-state index in [2.05, 4.69) is 34.9 Å². The van der Waals surface area contributed by atoms with Crippen molar-refractivity contribution in [2.45, 2.75) is 37.2 Å². The van der Waals surface area contributed by atoms with Gasteiger partial charge in [0.15, 0.2) is 0 Å². The van der Waals surface area contributed by atoms with Crippen LogP contribution in [0.3, 0.4) is 0 Å². The van der Waals surface area contributed by atoms with E-state index in [0.29, 0.717) is 6.54 Å². The smallest absolute Gasteiger partial charge is 0.314 e. The van der Waals surface area contributed by atoms with Gasteiger partial charge in [0.2, 0.25) is 0 Å². The number of hydrogen-bond acceptors (Lipinski definition) is 2. The summed E-state index contributed by atoms with van der Waals surface area (Å²) >= 11 is 0. The highest BCUT2D eigenvalue weighted by atomic mass is 16.3. The normalized spacial score (nSPS) is 17.0. The maximum absolute atomic E-state index is 12.2. The molecule has 0 spiro atoms. The van der Waals surface area contributed by atoms with Gasteiger partial charge in [0, 0.05) is 18.5 Å². The molecule has 1 atom stereocenters. The van der Waals surface area contributed by atoms with E-state index in [1.165, 1.54) is 18.4 Å². The number of hydrogen-bond donors (Lipinski definition) is 3.